The van der Waals surface area contributed by atoms with Gasteiger partial charge >= 0.3 is 0 Å². The minimum atomic E-state index is -0.432. The van der Waals surface area contributed by atoms with E-state index in [1.165, 1.54) is 16.4 Å². The van der Waals surface area contributed by atoms with E-state index in [0.717, 1.165) is 4.90 Å². The first-order valence-corrected chi connectivity index (χ1v) is 12.0. The first-order valence-electron chi connectivity index (χ1n) is 11.1. The van der Waals surface area contributed by atoms with E-state index >= 15 is 0 Å². The topological polar surface area (TPSA) is 85.1 Å². The molecule has 0 aliphatic carbocycles. The molecule has 0 bridgehead atoms. The summed E-state index contributed by atoms with van der Waals surface area (Å²) in [6.45, 7) is 3.61. The van der Waals surface area contributed by atoms with Crippen molar-refractivity contribution < 1.29 is 9.59 Å². The highest BCUT2D eigenvalue weighted by molar-refractivity contribution is 8.00. The largest absolute Gasteiger partial charge is 0.325 e. The van der Waals surface area contributed by atoms with Crippen LogP contribution in [0.1, 0.15) is 23.0 Å². The van der Waals surface area contributed by atoms with Crippen molar-refractivity contribution in [2.24, 2.45) is 7.05 Å². The molecular weight excluding hydrogens is 460 g/mol. The number of para-hydroxylation sites is 1. The summed E-state index contributed by atoms with van der Waals surface area (Å²) >= 11 is 1.46. The summed E-state index contributed by atoms with van der Waals surface area (Å²) in [4.78, 5) is 39.8. The van der Waals surface area contributed by atoms with Crippen LogP contribution in [0.25, 0.3) is 5.69 Å². The average Bonchev–Trinajstić information content (AvgIpc) is 3.08. The van der Waals surface area contributed by atoms with Crippen LogP contribution in [-0.2, 0) is 11.8 Å². The van der Waals surface area contributed by atoms with Gasteiger partial charge in [-0.05, 0) is 56.3 Å². The second-order valence-corrected chi connectivity index (χ2v) is 9.45. The summed E-state index contributed by atoms with van der Waals surface area (Å²) < 4.78 is 3.21. The molecule has 3 aromatic carbocycles. The van der Waals surface area contributed by atoms with Crippen molar-refractivity contribution in [2.75, 3.05) is 10.6 Å². The van der Waals surface area contributed by atoms with Crippen molar-refractivity contribution in [3.8, 4) is 5.69 Å². The molecule has 0 fully saturated rings. The Morgan fingerprint density at radius 1 is 0.886 bits per heavy atom. The molecule has 1 heterocycles. The SMILES string of the molecule is Cc1c(NC(=O)c2cccc(NC(=O)[C@@H](C)Sc3ccccc3)c2)c(=O)n(-c2ccccc2)n1C. The molecule has 1 atom stereocenters. The standard InChI is InChI=1S/C27H26N4O3S/c1-18-24(27(34)31(30(18)3)22-13-6-4-7-14-22)29-26(33)20-11-10-12-21(17-20)28-25(32)19(2)35-23-15-8-5-9-16-23/h4-17,19H,1-3H3,(H,28,32)(H,29,33)/t19-/m1/s1. The van der Waals surface area contributed by atoms with Gasteiger partial charge in [-0.15, -0.1) is 11.8 Å². The fourth-order valence-electron chi connectivity index (χ4n) is 3.64. The van der Waals surface area contributed by atoms with Crippen LogP contribution in [0.4, 0.5) is 11.4 Å². The van der Waals surface area contributed by atoms with Crippen LogP contribution in [-0.4, -0.2) is 26.4 Å². The van der Waals surface area contributed by atoms with Crippen molar-refractivity contribution in [1.29, 1.82) is 0 Å². The van der Waals surface area contributed by atoms with Gasteiger partial charge in [-0.3, -0.25) is 19.1 Å². The van der Waals surface area contributed by atoms with E-state index in [0.29, 0.717) is 22.6 Å². The van der Waals surface area contributed by atoms with E-state index in [-0.39, 0.29) is 22.4 Å². The number of anilines is 2. The number of amides is 2. The van der Waals surface area contributed by atoms with Crippen molar-refractivity contribution in [2.45, 2.75) is 24.0 Å². The Morgan fingerprint density at radius 3 is 2.23 bits per heavy atom. The number of rotatable bonds is 7. The lowest BCUT2D eigenvalue weighted by atomic mass is 10.2. The Balaban J connectivity index is 1.49. The molecule has 178 valence electrons. The molecule has 8 heteroatoms. The lowest BCUT2D eigenvalue weighted by molar-refractivity contribution is -0.115. The van der Waals surface area contributed by atoms with Gasteiger partial charge in [-0.1, -0.05) is 42.5 Å². The van der Waals surface area contributed by atoms with Crippen LogP contribution in [0.2, 0.25) is 0 Å². The predicted octanol–water partition coefficient (Wildman–Crippen LogP) is 4.86. The van der Waals surface area contributed by atoms with Crippen molar-refractivity contribution in [3.05, 3.63) is 107 Å². The zero-order valence-electron chi connectivity index (χ0n) is 19.7. The molecule has 0 saturated heterocycles. The number of carbonyl (C=O) groups is 2. The van der Waals surface area contributed by atoms with Gasteiger partial charge in [0.05, 0.1) is 16.6 Å². The second kappa shape index (κ2) is 10.5. The van der Waals surface area contributed by atoms with Crippen LogP contribution in [0.5, 0.6) is 0 Å². The number of hydrogen-bond acceptors (Lipinski definition) is 4. The van der Waals surface area contributed by atoms with Gasteiger partial charge in [-0.2, -0.15) is 0 Å². The van der Waals surface area contributed by atoms with E-state index in [9.17, 15) is 14.4 Å². The molecule has 4 rings (SSSR count). The fourth-order valence-corrected chi connectivity index (χ4v) is 4.53. The maximum absolute atomic E-state index is 13.1. The number of aromatic nitrogens is 2. The molecule has 4 aromatic rings. The summed E-state index contributed by atoms with van der Waals surface area (Å²) in [5.41, 5.74) is 2.07. The minimum absolute atomic E-state index is 0.166. The normalized spacial score (nSPS) is 11.6. The second-order valence-electron chi connectivity index (χ2n) is 8.03. The lowest BCUT2D eigenvalue weighted by Crippen LogP contribution is -2.23. The maximum atomic E-state index is 13.1. The summed E-state index contributed by atoms with van der Waals surface area (Å²) in [6.07, 6.45) is 0. The molecule has 0 aliphatic rings. The quantitative estimate of drug-likeness (QED) is 0.366. The van der Waals surface area contributed by atoms with Gasteiger partial charge in [0.25, 0.3) is 11.5 Å². The zero-order valence-corrected chi connectivity index (χ0v) is 20.5. The van der Waals surface area contributed by atoms with Crippen LogP contribution >= 0.6 is 11.8 Å². The van der Waals surface area contributed by atoms with Crippen molar-refractivity contribution in [1.82, 2.24) is 9.36 Å². The summed E-state index contributed by atoms with van der Waals surface area (Å²) in [6, 6.07) is 25.6. The minimum Gasteiger partial charge on any atom is -0.325 e. The number of benzene rings is 3. The van der Waals surface area contributed by atoms with Gasteiger partial charge in [0, 0.05) is 23.2 Å². The smallest absolute Gasteiger partial charge is 0.295 e. The molecule has 0 aliphatic heterocycles. The zero-order chi connectivity index (χ0) is 24.9. The molecule has 0 unspecified atom stereocenters. The molecule has 2 N–H and O–H groups in total. The van der Waals surface area contributed by atoms with Gasteiger partial charge in [-0.25, -0.2) is 4.68 Å². The molecule has 0 radical (unpaired) electrons. The third-order valence-electron chi connectivity index (χ3n) is 5.61. The first kappa shape index (κ1) is 24.1. The Morgan fingerprint density at radius 2 is 1.54 bits per heavy atom. The summed E-state index contributed by atoms with van der Waals surface area (Å²) in [5.74, 6) is -0.597. The number of thioether (sulfide) groups is 1. The Labute approximate surface area is 207 Å². The highest BCUT2D eigenvalue weighted by atomic mass is 32.2. The Hall–Kier alpha value is -4.04. The molecular formula is C27H26N4O3S. The fraction of sp³-hybridized carbons (Fsp3) is 0.148. The molecule has 2 amide bonds. The van der Waals surface area contributed by atoms with E-state index in [1.54, 1.807) is 42.9 Å². The third-order valence-corrected chi connectivity index (χ3v) is 6.72. The van der Waals surface area contributed by atoms with Gasteiger partial charge < -0.3 is 10.6 Å². The van der Waals surface area contributed by atoms with Crippen LogP contribution in [0, 0.1) is 6.92 Å². The maximum Gasteiger partial charge on any atom is 0.295 e. The van der Waals surface area contributed by atoms with E-state index in [1.807, 2.05) is 67.6 Å². The molecule has 35 heavy (non-hydrogen) atoms. The van der Waals surface area contributed by atoms with Crippen LogP contribution in [0.3, 0.4) is 0 Å². The van der Waals surface area contributed by atoms with Gasteiger partial charge in [0.2, 0.25) is 5.91 Å². The molecule has 0 saturated carbocycles. The Kier molecular flexibility index (Phi) is 7.22. The van der Waals surface area contributed by atoms with Crippen LogP contribution < -0.4 is 16.2 Å². The number of carbonyl (C=O) groups excluding carboxylic acids is 2. The highest BCUT2D eigenvalue weighted by Crippen LogP contribution is 2.24. The summed E-state index contributed by atoms with van der Waals surface area (Å²) in [5, 5.41) is 5.30. The van der Waals surface area contributed by atoms with Crippen molar-refractivity contribution in [3.63, 3.8) is 0 Å². The third kappa shape index (κ3) is 5.38. The van der Waals surface area contributed by atoms with Gasteiger partial charge in [0.1, 0.15) is 5.69 Å². The predicted molar refractivity (Wildman–Crippen MR) is 141 cm³/mol. The Bertz CT molecular complexity index is 1410. The monoisotopic (exact) mass is 486 g/mol. The highest BCUT2D eigenvalue weighted by Gasteiger charge is 2.20. The molecule has 1 aromatic heterocycles. The van der Waals surface area contributed by atoms with Gasteiger partial charge in [0.15, 0.2) is 0 Å². The average molecular weight is 487 g/mol. The first-order chi connectivity index (χ1) is 16.8. The number of nitrogens with zero attached hydrogens (tertiary/aromatic N) is 2. The van der Waals surface area contributed by atoms with Crippen molar-refractivity contribution >= 4 is 35.0 Å². The van der Waals surface area contributed by atoms with E-state index < -0.39 is 5.91 Å². The lowest BCUT2D eigenvalue weighted by Gasteiger charge is -2.13. The van der Waals surface area contributed by atoms with Crippen LogP contribution in [0.15, 0.2) is 94.6 Å². The number of nitrogens with one attached hydrogen (secondary N) is 2. The number of hydrogen-bond donors (Lipinski definition) is 2. The summed E-state index contributed by atoms with van der Waals surface area (Å²) in [7, 11) is 1.77. The van der Waals surface area contributed by atoms with E-state index in [2.05, 4.69) is 10.6 Å². The molecule has 7 nitrogen and oxygen atoms in total. The molecule has 0 spiro atoms. The van der Waals surface area contributed by atoms with E-state index in [4.69, 9.17) is 0 Å².